The van der Waals surface area contributed by atoms with Crippen LogP contribution in [0.4, 0.5) is 10.5 Å². The van der Waals surface area contributed by atoms with Gasteiger partial charge in [0.05, 0.1) is 11.6 Å². The van der Waals surface area contributed by atoms with Crippen molar-refractivity contribution in [1.29, 1.82) is 0 Å². The van der Waals surface area contributed by atoms with Gasteiger partial charge in [0.25, 0.3) is 0 Å². The van der Waals surface area contributed by atoms with E-state index in [2.05, 4.69) is 49.5 Å². The molecule has 1 aromatic heterocycles. The third-order valence-corrected chi connectivity index (χ3v) is 14.1. The lowest BCUT2D eigenvalue weighted by Gasteiger charge is -2.39. The number of nitrogens with one attached hydrogen (secondary N) is 3. The maximum absolute atomic E-state index is 12.8. The molecule has 0 fully saturated rings. The Morgan fingerprint density at radius 3 is 2.33 bits per heavy atom. The average molecular weight is 721 g/mol. The van der Waals surface area contributed by atoms with Crippen LogP contribution in [-0.4, -0.2) is 37.0 Å². The third-order valence-electron chi connectivity index (χ3n) is 9.60. The van der Waals surface area contributed by atoms with E-state index in [0.717, 1.165) is 38.9 Å². The highest BCUT2D eigenvalue weighted by Gasteiger charge is 2.39. The molecule has 10 nitrogen and oxygen atoms in total. The van der Waals surface area contributed by atoms with Crippen LogP contribution in [0, 0.1) is 0 Å². The monoisotopic (exact) mass is 720 g/mol. The number of fused-ring (bicyclic) bond motifs is 1. The number of amides is 2. The van der Waals surface area contributed by atoms with Gasteiger partial charge in [0.1, 0.15) is 11.5 Å². The molecule has 0 spiro atoms. The molecule has 0 radical (unpaired) electrons. The van der Waals surface area contributed by atoms with Gasteiger partial charge in [0, 0.05) is 42.2 Å². The van der Waals surface area contributed by atoms with Crippen LogP contribution < -0.4 is 26.7 Å². The molecule has 0 bridgehead atoms. The van der Waals surface area contributed by atoms with Crippen molar-refractivity contribution in [3.63, 3.8) is 0 Å². The lowest BCUT2D eigenvalue weighted by Crippen LogP contribution is -2.43. The Labute approximate surface area is 305 Å². The van der Waals surface area contributed by atoms with Gasteiger partial charge in [-0.15, -0.1) is 0 Å². The number of aromatic amines is 1. The number of benzene rings is 4. The van der Waals surface area contributed by atoms with Crippen molar-refractivity contribution in [3.05, 3.63) is 124 Å². The fourth-order valence-corrected chi connectivity index (χ4v) is 7.07. The van der Waals surface area contributed by atoms with Gasteiger partial charge in [-0.25, -0.2) is 4.79 Å². The van der Waals surface area contributed by atoms with Gasteiger partial charge in [-0.1, -0.05) is 75.4 Å². The molecule has 6 N–H and O–H groups in total. The lowest BCUT2D eigenvalue weighted by atomic mass is 9.99. The summed E-state index contributed by atoms with van der Waals surface area (Å²) in [6.45, 7) is 12.1. The van der Waals surface area contributed by atoms with Crippen molar-refractivity contribution < 1.29 is 23.9 Å². The molecule has 0 saturated heterocycles. The summed E-state index contributed by atoms with van der Waals surface area (Å²) in [5.74, 6) is 0.335. The molecule has 52 heavy (non-hydrogen) atoms. The maximum Gasteiger partial charge on any atom is 0.409 e. The Morgan fingerprint density at radius 2 is 1.63 bits per heavy atom. The summed E-state index contributed by atoms with van der Waals surface area (Å²) in [6.07, 6.45) is 0.472. The standard InChI is InChI=1S/C41H48N4O6Si/c1-41(2,3)52(4,5)51-36(31-19-21-34(46)39-32(31)20-23-38(48)45-39)26-43-25-28-14-17-30(18-15-28)44-37(47)13-9-10-27-16-22-35(50-40(42)49)33(24-27)29-11-7-6-8-12-29/h6-8,11-12,14-24,36,43,46H,9-10,13,25-26H2,1-5H3,(H2,42,49)(H,44,47)(H,45,48)/t36-/m0/s1. The van der Waals surface area contributed by atoms with Crippen molar-refractivity contribution in [1.82, 2.24) is 10.3 Å². The Balaban J connectivity index is 1.17. The molecule has 5 rings (SSSR count). The topological polar surface area (TPSA) is 156 Å². The number of aromatic nitrogens is 1. The van der Waals surface area contributed by atoms with Gasteiger partial charge in [-0.05, 0) is 89.6 Å². The van der Waals surface area contributed by atoms with E-state index < -0.39 is 14.4 Å². The van der Waals surface area contributed by atoms with E-state index >= 15 is 0 Å². The number of phenolic OH excluding ortho intramolecular Hbond substituents is 1. The Hall–Kier alpha value is -5.23. The van der Waals surface area contributed by atoms with Crippen molar-refractivity contribution in [2.24, 2.45) is 5.73 Å². The second kappa shape index (κ2) is 16.4. The van der Waals surface area contributed by atoms with Crippen LogP contribution in [0.3, 0.4) is 0 Å². The van der Waals surface area contributed by atoms with Crippen LogP contribution in [-0.2, 0) is 22.2 Å². The molecule has 4 aromatic carbocycles. The van der Waals surface area contributed by atoms with Gasteiger partial charge in [-0.2, -0.15) is 0 Å². The highest BCUT2D eigenvalue weighted by molar-refractivity contribution is 6.74. The number of carbonyl (C=O) groups excluding carboxylic acids is 2. The van der Waals surface area contributed by atoms with Crippen LogP contribution in [0.15, 0.2) is 102 Å². The Morgan fingerprint density at radius 1 is 0.923 bits per heavy atom. The number of rotatable bonds is 14. The number of primary amides is 1. The summed E-state index contributed by atoms with van der Waals surface area (Å²) in [6, 6.07) is 29.6. The summed E-state index contributed by atoms with van der Waals surface area (Å²) >= 11 is 0. The summed E-state index contributed by atoms with van der Waals surface area (Å²) in [5.41, 5.74) is 10.7. The number of ether oxygens (including phenoxy) is 1. The molecule has 272 valence electrons. The van der Waals surface area contributed by atoms with E-state index in [9.17, 15) is 19.5 Å². The van der Waals surface area contributed by atoms with Crippen LogP contribution in [0.5, 0.6) is 11.5 Å². The first-order valence-electron chi connectivity index (χ1n) is 17.5. The summed E-state index contributed by atoms with van der Waals surface area (Å²) in [7, 11) is -2.20. The first-order valence-corrected chi connectivity index (χ1v) is 20.4. The van der Waals surface area contributed by atoms with Crippen LogP contribution >= 0.6 is 0 Å². The number of pyridine rings is 1. The number of hydrogen-bond acceptors (Lipinski definition) is 7. The van der Waals surface area contributed by atoms with Crippen molar-refractivity contribution in [3.8, 4) is 22.6 Å². The summed E-state index contributed by atoms with van der Waals surface area (Å²) < 4.78 is 12.1. The van der Waals surface area contributed by atoms with Crippen LogP contribution in [0.1, 0.15) is 56.4 Å². The van der Waals surface area contributed by atoms with Gasteiger partial charge in [0.15, 0.2) is 8.32 Å². The molecule has 0 aliphatic carbocycles. The zero-order valence-corrected chi connectivity index (χ0v) is 31.4. The molecule has 1 atom stereocenters. The predicted octanol–water partition coefficient (Wildman–Crippen LogP) is 8.17. The highest BCUT2D eigenvalue weighted by Crippen LogP contribution is 2.41. The second-order valence-corrected chi connectivity index (χ2v) is 19.3. The van der Waals surface area contributed by atoms with E-state index in [-0.39, 0.29) is 28.4 Å². The fourth-order valence-electron chi connectivity index (χ4n) is 5.79. The van der Waals surface area contributed by atoms with Gasteiger partial charge >= 0.3 is 6.09 Å². The molecule has 0 saturated carbocycles. The van der Waals surface area contributed by atoms with Gasteiger partial charge in [0.2, 0.25) is 11.5 Å². The van der Waals surface area contributed by atoms with Gasteiger partial charge < -0.3 is 35.6 Å². The number of aryl methyl sites for hydroxylation is 1. The molecule has 5 aromatic rings. The average Bonchev–Trinajstić information content (AvgIpc) is 3.09. The van der Waals surface area contributed by atoms with Crippen LogP contribution in [0.25, 0.3) is 22.0 Å². The first kappa shape index (κ1) is 38.0. The number of phenols is 1. The van der Waals surface area contributed by atoms with E-state index in [1.54, 1.807) is 18.2 Å². The van der Waals surface area contributed by atoms with Crippen molar-refractivity contribution in [2.75, 3.05) is 11.9 Å². The van der Waals surface area contributed by atoms with E-state index in [1.807, 2.05) is 72.8 Å². The van der Waals surface area contributed by atoms with Crippen molar-refractivity contribution >= 4 is 36.9 Å². The molecular weight excluding hydrogens is 673 g/mol. The SMILES string of the molecule is CC(C)(C)[Si](C)(C)O[C@@H](CNCc1ccc(NC(=O)CCCc2ccc(OC(N)=O)c(-c3ccccc3)c2)cc1)c1ccc(O)c2[nH]c(=O)ccc12. The summed E-state index contributed by atoms with van der Waals surface area (Å²) in [5, 5.41) is 17.7. The van der Waals surface area contributed by atoms with E-state index in [0.29, 0.717) is 43.6 Å². The number of nitrogens with two attached hydrogens (primary N) is 1. The third kappa shape index (κ3) is 9.75. The fraction of sp³-hybridized carbons (Fsp3) is 0.293. The number of aromatic hydroxyl groups is 1. The number of hydrogen-bond donors (Lipinski definition) is 5. The molecule has 2 amide bonds. The first-order chi connectivity index (χ1) is 24.7. The van der Waals surface area contributed by atoms with Crippen LogP contribution in [0.2, 0.25) is 18.1 Å². The van der Waals surface area contributed by atoms with Gasteiger partial charge in [-0.3, -0.25) is 9.59 Å². The largest absolute Gasteiger partial charge is 0.506 e. The Kier molecular flexibility index (Phi) is 12.0. The minimum Gasteiger partial charge on any atom is -0.506 e. The van der Waals surface area contributed by atoms with E-state index in [4.69, 9.17) is 14.9 Å². The van der Waals surface area contributed by atoms with E-state index in [1.165, 1.54) is 6.07 Å². The summed E-state index contributed by atoms with van der Waals surface area (Å²) in [4.78, 5) is 39.0. The number of H-pyrrole nitrogens is 1. The number of carbonyl (C=O) groups is 2. The minimum absolute atomic E-state index is 0.0173. The normalized spacial score (nSPS) is 12.4. The highest BCUT2D eigenvalue weighted by atomic mass is 28.4. The maximum atomic E-state index is 12.8. The minimum atomic E-state index is -2.20. The number of anilines is 1. The molecule has 0 unspecified atom stereocenters. The Bertz CT molecular complexity index is 2070. The lowest BCUT2D eigenvalue weighted by molar-refractivity contribution is -0.116. The van der Waals surface area contributed by atoms with Crippen molar-refractivity contribution in [2.45, 2.75) is 70.8 Å². The zero-order chi connectivity index (χ0) is 37.5. The molecule has 1 heterocycles. The molecule has 11 heteroatoms. The quantitative estimate of drug-likeness (QED) is 0.0725. The smallest absolute Gasteiger partial charge is 0.409 e. The zero-order valence-electron chi connectivity index (χ0n) is 30.4. The molecule has 0 aliphatic heterocycles. The predicted molar refractivity (Wildman–Crippen MR) is 209 cm³/mol. The molecular formula is C41H48N4O6Si. The molecule has 0 aliphatic rings. The second-order valence-electron chi connectivity index (χ2n) is 14.5.